The molecule has 0 aliphatic carbocycles. The van der Waals surface area contributed by atoms with Gasteiger partial charge in [0.1, 0.15) is 11.4 Å². The Morgan fingerprint density at radius 1 is 1.11 bits per heavy atom. The van der Waals surface area contributed by atoms with E-state index in [2.05, 4.69) is 26.3 Å². The fourth-order valence-electron chi connectivity index (χ4n) is 4.53. The summed E-state index contributed by atoms with van der Waals surface area (Å²) in [6.07, 6.45) is 1.36. The Hall–Kier alpha value is -5.00. The van der Waals surface area contributed by atoms with Crippen molar-refractivity contribution in [2.45, 2.75) is 0 Å². The second kappa shape index (κ2) is 12.3. The number of anilines is 1. The topological polar surface area (TPSA) is 108 Å². The molecule has 1 N–H and O–H groups in total. The number of furan rings is 1. The SMILES string of the molecule is COc1cc(Cl)cc(C=Nn2c(-c3cc4cc(Br)ccc4o3)nc3ccccc3c2=O)c1OCC(=O)Nc1cccc(F)c1. The number of nitrogens with zero attached hydrogens (tertiary/aromatic N) is 3. The third-order valence-corrected chi connectivity index (χ3v) is 7.20. The zero-order chi connectivity index (χ0) is 30.8. The van der Waals surface area contributed by atoms with Gasteiger partial charge in [0, 0.05) is 32.2 Å². The normalized spacial score (nSPS) is 11.4. The number of para-hydroxylation sites is 1. The lowest BCUT2D eigenvalue weighted by Crippen LogP contribution is -2.21. The summed E-state index contributed by atoms with van der Waals surface area (Å²) >= 11 is 9.81. The Balaban J connectivity index is 1.40. The molecule has 0 fully saturated rings. The Morgan fingerprint density at radius 3 is 2.77 bits per heavy atom. The number of amides is 1. The molecule has 0 radical (unpaired) electrons. The van der Waals surface area contributed by atoms with Gasteiger partial charge in [-0.15, -0.1) is 0 Å². The average molecular weight is 676 g/mol. The van der Waals surface area contributed by atoms with Crippen LogP contribution in [0.5, 0.6) is 11.5 Å². The van der Waals surface area contributed by atoms with Crippen molar-refractivity contribution in [3.8, 4) is 23.1 Å². The molecule has 6 aromatic rings. The van der Waals surface area contributed by atoms with Crippen LogP contribution in [0.15, 0.2) is 104 Å². The molecule has 220 valence electrons. The van der Waals surface area contributed by atoms with Crippen molar-refractivity contribution in [1.29, 1.82) is 0 Å². The summed E-state index contributed by atoms with van der Waals surface area (Å²) in [6, 6.07) is 22.8. The number of aromatic nitrogens is 2. The molecule has 4 aromatic carbocycles. The van der Waals surface area contributed by atoms with E-state index in [1.807, 2.05) is 18.2 Å². The fourth-order valence-corrected chi connectivity index (χ4v) is 5.12. The second-order valence-corrected chi connectivity index (χ2v) is 10.8. The number of halogens is 3. The molecule has 2 heterocycles. The molecule has 0 atom stereocenters. The van der Waals surface area contributed by atoms with E-state index < -0.39 is 23.9 Å². The second-order valence-electron chi connectivity index (χ2n) is 9.48. The summed E-state index contributed by atoms with van der Waals surface area (Å²) in [6.45, 7) is -0.438. The number of nitrogens with one attached hydrogen (secondary N) is 1. The first-order valence-electron chi connectivity index (χ1n) is 13.1. The van der Waals surface area contributed by atoms with Crippen LogP contribution in [0, 0.1) is 5.82 Å². The van der Waals surface area contributed by atoms with Crippen LogP contribution in [-0.2, 0) is 4.79 Å². The number of methoxy groups -OCH3 is 1. The lowest BCUT2D eigenvalue weighted by Gasteiger charge is -2.14. The van der Waals surface area contributed by atoms with Crippen LogP contribution in [-0.4, -0.2) is 35.5 Å². The summed E-state index contributed by atoms with van der Waals surface area (Å²) in [5.74, 6) is -0.161. The molecule has 0 unspecified atom stereocenters. The van der Waals surface area contributed by atoms with E-state index in [1.165, 1.54) is 37.6 Å². The van der Waals surface area contributed by atoms with E-state index in [0.717, 1.165) is 14.5 Å². The molecular weight excluding hydrogens is 655 g/mol. The largest absolute Gasteiger partial charge is 0.493 e. The van der Waals surface area contributed by atoms with Gasteiger partial charge in [-0.2, -0.15) is 9.78 Å². The van der Waals surface area contributed by atoms with Crippen LogP contribution < -0.4 is 20.3 Å². The Morgan fingerprint density at radius 2 is 1.95 bits per heavy atom. The Kier molecular flexibility index (Phi) is 8.14. The summed E-state index contributed by atoms with van der Waals surface area (Å²) < 4.78 is 32.9. The molecule has 12 heteroatoms. The van der Waals surface area contributed by atoms with Gasteiger partial charge < -0.3 is 19.2 Å². The lowest BCUT2D eigenvalue weighted by atomic mass is 10.2. The highest BCUT2D eigenvalue weighted by Gasteiger charge is 2.18. The van der Waals surface area contributed by atoms with Crippen molar-refractivity contribution >= 4 is 67.2 Å². The van der Waals surface area contributed by atoms with E-state index in [4.69, 9.17) is 30.5 Å². The molecule has 6 rings (SSSR count). The first kappa shape index (κ1) is 29.1. The molecule has 0 aliphatic rings. The van der Waals surface area contributed by atoms with E-state index >= 15 is 0 Å². The zero-order valence-electron chi connectivity index (χ0n) is 22.9. The summed E-state index contributed by atoms with van der Waals surface area (Å²) in [7, 11) is 1.42. The third-order valence-electron chi connectivity index (χ3n) is 6.49. The molecule has 9 nitrogen and oxygen atoms in total. The highest BCUT2D eigenvalue weighted by Crippen LogP contribution is 2.34. The predicted molar refractivity (Wildman–Crippen MR) is 170 cm³/mol. The summed E-state index contributed by atoms with van der Waals surface area (Å²) in [4.78, 5) is 31.0. The third kappa shape index (κ3) is 6.05. The van der Waals surface area contributed by atoms with Crippen LogP contribution in [0.1, 0.15) is 5.56 Å². The van der Waals surface area contributed by atoms with Crippen molar-refractivity contribution in [1.82, 2.24) is 9.66 Å². The summed E-state index contributed by atoms with van der Waals surface area (Å²) in [5.41, 5.74) is 1.23. The maximum absolute atomic E-state index is 13.7. The molecular formula is C32H21BrClFN4O5. The van der Waals surface area contributed by atoms with Crippen molar-refractivity contribution in [2.24, 2.45) is 5.10 Å². The first-order chi connectivity index (χ1) is 21.3. The van der Waals surface area contributed by atoms with Crippen LogP contribution >= 0.6 is 27.5 Å². The maximum Gasteiger partial charge on any atom is 0.282 e. The number of rotatable bonds is 8. The standard InChI is InChI=1S/C32H21BrClFN4O5/c1-42-27-14-21(34)12-19(30(27)43-17-29(40)37-23-6-4-5-22(35)15-23)16-36-39-31(38-25-8-3-2-7-24(25)32(39)41)28-13-18-11-20(33)9-10-26(18)44-28/h2-16H,17H2,1H3,(H,37,40). The quantitative estimate of drug-likeness (QED) is 0.170. The number of benzene rings is 4. The van der Waals surface area contributed by atoms with Gasteiger partial charge in [0.25, 0.3) is 11.5 Å². The molecule has 0 bridgehead atoms. The van der Waals surface area contributed by atoms with Gasteiger partial charge in [-0.05, 0) is 60.7 Å². The van der Waals surface area contributed by atoms with E-state index in [0.29, 0.717) is 32.8 Å². The Bertz CT molecular complexity index is 2150. The van der Waals surface area contributed by atoms with Gasteiger partial charge in [0.15, 0.2) is 23.9 Å². The smallest absolute Gasteiger partial charge is 0.282 e. The minimum Gasteiger partial charge on any atom is -0.493 e. The lowest BCUT2D eigenvalue weighted by molar-refractivity contribution is -0.118. The minimum atomic E-state index is -0.538. The molecule has 0 saturated carbocycles. The number of fused-ring (bicyclic) bond motifs is 2. The summed E-state index contributed by atoms with van der Waals surface area (Å²) in [5, 5.41) is 8.51. The average Bonchev–Trinajstić information content (AvgIpc) is 3.43. The predicted octanol–water partition coefficient (Wildman–Crippen LogP) is 7.27. The van der Waals surface area contributed by atoms with Crippen LogP contribution in [0.4, 0.5) is 10.1 Å². The van der Waals surface area contributed by atoms with Gasteiger partial charge in [-0.1, -0.05) is 45.7 Å². The van der Waals surface area contributed by atoms with Crippen molar-refractivity contribution < 1.29 is 23.1 Å². The zero-order valence-corrected chi connectivity index (χ0v) is 25.2. The van der Waals surface area contributed by atoms with Crippen molar-refractivity contribution in [3.63, 3.8) is 0 Å². The van der Waals surface area contributed by atoms with Crippen LogP contribution in [0.2, 0.25) is 5.02 Å². The first-order valence-corrected chi connectivity index (χ1v) is 14.3. The maximum atomic E-state index is 13.7. The van der Waals surface area contributed by atoms with Crippen LogP contribution in [0.25, 0.3) is 33.5 Å². The van der Waals surface area contributed by atoms with E-state index in [1.54, 1.807) is 42.5 Å². The number of hydrogen-bond acceptors (Lipinski definition) is 7. The van der Waals surface area contributed by atoms with Crippen molar-refractivity contribution in [2.75, 3.05) is 19.0 Å². The molecule has 44 heavy (non-hydrogen) atoms. The van der Waals surface area contributed by atoms with Gasteiger partial charge in [-0.25, -0.2) is 9.37 Å². The highest BCUT2D eigenvalue weighted by molar-refractivity contribution is 9.10. The van der Waals surface area contributed by atoms with Crippen molar-refractivity contribution in [3.05, 3.63) is 116 Å². The van der Waals surface area contributed by atoms with E-state index in [9.17, 15) is 14.0 Å². The Labute approximate surface area is 262 Å². The number of hydrogen-bond donors (Lipinski definition) is 1. The minimum absolute atomic E-state index is 0.145. The molecule has 1 amide bonds. The molecule has 2 aromatic heterocycles. The van der Waals surface area contributed by atoms with Gasteiger partial charge in [0.2, 0.25) is 5.82 Å². The van der Waals surface area contributed by atoms with E-state index in [-0.39, 0.29) is 23.0 Å². The molecule has 0 saturated heterocycles. The molecule has 0 spiro atoms. The highest BCUT2D eigenvalue weighted by atomic mass is 79.9. The van der Waals surface area contributed by atoms with Gasteiger partial charge in [0.05, 0.1) is 24.2 Å². The van der Waals surface area contributed by atoms with Gasteiger partial charge in [-0.3, -0.25) is 9.59 Å². The number of ether oxygens (including phenoxy) is 2. The monoisotopic (exact) mass is 674 g/mol. The van der Waals surface area contributed by atoms with Crippen LogP contribution in [0.3, 0.4) is 0 Å². The number of carbonyl (C=O) groups excluding carboxylic acids is 1. The fraction of sp³-hybridized carbons (Fsp3) is 0.0625. The number of carbonyl (C=O) groups is 1. The van der Waals surface area contributed by atoms with Gasteiger partial charge >= 0.3 is 0 Å². The molecule has 0 aliphatic heterocycles.